The molecular weight excluding hydrogens is 479 g/mol. The molecule has 0 aromatic heterocycles. The van der Waals surface area contributed by atoms with Crippen LogP contribution < -0.4 is 15.5 Å². The fourth-order valence-corrected chi connectivity index (χ4v) is 4.82. The number of carbonyl (C=O) groups excluding carboxylic acids is 1. The van der Waals surface area contributed by atoms with Crippen LogP contribution in [0.5, 0.6) is 0 Å². The Hall–Kier alpha value is -2.61. The zero-order valence-corrected chi connectivity index (χ0v) is 22.5. The molecule has 2 atom stereocenters. The second kappa shape index (κ2) is 13.1. The molecule has 1 amide bonds. The number of carbonyl (C=O) groups is 1. The third kappa shape index (κ3) is 7.69. The lowest BCUT2D eigenvalue weighted by Crippen LogP contribution is -2.54. The molecule has 2 aromatic carbocycles. The van der Waals surface area contributed by atoms with Gasteiger partial charge in [0, 0.05) is 68.7 Å². The van der Waals surface area contributed by atoms with E-state index in [1.165, 1.54) is 6.07 Å². The lowest BCUT2D eigenvalue weighted by molar-refractivity contribution is -0.133. The summed E-state index contributed by atoms with van der Waals surface area (Å²) in [5.74, 6) is -0.198. The van der Waals surface area contributed by atoms with E-state index in [9.17, 15) is 9.18 Å². The summed E-state index contributed by atoms with van der Waals surface area (Å²) in [7, 11) is 1.67. The number of halogens is 2. The van der Waals surface area contributed by atoms with Gasteiger partial charge in [0.2, 0.25) is 5.91 Å². The Morgan fingerprint density at radius 3 is 2.53 bits per heavy atom. The summed E-state index contributed by atoms with van der Waals surface area (Å²) in [6, 6.07) is 10.4. The molecule has 6 nitrogen and oxygen atoms in total. The molecular formula is C28H38ClFN4O2. The second-order valence-electron chi connectivity index (χ2n) is 9.57. The molecule has 36 heavy (non-hydrogen) atoms. The first kappa shape index (κ1) is 28.0. The van der Waals surface area contributed by atoms with Crippen LogP contribution in [0.4, 0.5) is 10.1 Å². The van der Waals surface area contributed by atoms with Gasteiger partial charge in [-0.1, -0.05) is 24.2 Å². The molecule has 0 saturated carbocycles. The molecule has 0 spiro atoms. The Balaban J connectivity index is 1.67. The van der Waals surface area contributed by atoms with Crippen molar-refractivity contribution in [3.8, 4) is 0 Å². The average Bonchev–Trinajstić information content (AvgIpc) is 2.83. The third-order valence-corrected chi connectivity index (χ3v) is 6.71. The molecule has 1 heterocycles. The van der Waals surface area contributed by atoms with Crippen LogP contribution in [0.25, 0.3) is 0 Å². The number of hydrogen-bond donors (Lipinski definition) is 2. The van der Waals surface area contributed by atoms with E-state index in [0.717, 1.165) is 28.1 Å². The minimum Gasteiger partial charge on any atom is -0.383 e. The SMILES string of the molecule is C=C(C)NC(Cc1ccc(Cl)cc1C)C(=O)N1CCN(c2ccc(F)cc2CNC(C)COC)CC1. The lowest BCUT2D eigenvalue weighted by atomic mass is 9.99. The summed E-state index contributed by atoms with van der Waals surface area (Å²) in [5, 5.41) is 7.35. The quantitative estimate of drug-likeness (QED) is 0.466. The summed E-state index contributed by atoms with van der Waals surface area (Å²) >= 11 is 6.12. The molecule has 2 unspecified atom stereocenters. The Labute approximate surface area is 219 Å². The van der Waals surface area contributed by atoms with E-state index >= 15 is 0 Å². The maximum atomic E-state index is 14.0. The van der Waals surface area contributed by atoms with Gasteiger partial charge in [-0.05, 0) is 67.8 Å². The van der Waals surface area contributed by atoms with Crippen LogP contribution in [0.3, 0.4) is 0 Å². The van der Waals surface area contributed by atoms with Crippen molar-refractivity contribution in [2.24, 2.45) is 0 Å². The van der Waals surface area contributed by atoms with Crippen LogP contribution in [0, 0.1) is 12.7 Å². The fraction of sp³-hybridized carbons (Fsp3) is 0.464. The molecule has 1 saturated heterocycles. The highest BCUT2D eigenvalue weighted by molar-refractivity contribution is 6.30. The molecule has 1 aliphatic rings. The predicted octanol–water partition coefficient (Wildman–Crippen LogP) is 4.30. The number of benzene rings is 2. The van der Waals surface area contributed by atoms with Gasteiger partial charge in [0.25, 0.3) is 0 Å². The summed E-state index contributed by atoms with van der Waals surface area (Å²) < 4.78 is 19.2. The molecule has 0 aliphatic carbocycles. The van der Waals surface area contributed by atoms with Crippen LogP contribution in [0.15, 0.2) is 48.7 Å². The number of nitrogens with zero attached hydrogens (tertiary/aromatic N) is 2. The number of rotatable bonds is 11. The van der Waals surface area contributed by atoms with E-state index in [1.807, 2.05) is 49.9 Å². The van der Waals surface area contributed by atoms with Gasteiger partial charge in [0.15, 0.2) is 0 Å². The molecule has 3 rings (SSSR count). The van der Waals surface area contributed by atoms with Crippen molar-refractivity contribution in [1.82, 2.24) is 15.5 Å². The van der Waals surface area contributed by atoms with Crippen molar-refractivity contribution in [1.29, 1.82) is 0 Å². The monoisotopic (exact) mass is 516 g/mol. The van der Waals surface area contributed by atoms with Gasteiger partial charge in [-0.15, -0.1) is 0 Å². The van der Waals surface area contributed by atoms with Gasteiger partial charge in [-0.3, -0.25) is 4.79 Å². The highest BCUT2D eigenvalue weighted by Gasteiger charge is 2.28. The first-order chi connectivity index (χ1) is 17.2. The van der Waals surface area contributed by atoms with Crippen LogP contribution >= 0.6 is 11.6 Å². The Kier molecular flexibility index (Phi) is 10.2. The van der Waals surface area contributed by atoms with Crippen molar-refractivity contribution < 1.29 is 13.9 Å². The Morgan fingerprint density at radius 2 is 1.89 bits per heavy atom. The van der Waals surface area contributed by atoms with E-state index < -0.39 is 6.04 Å². The van der Waals surface area contributed by atoms with Crippen LogP contribution in [0.1, 0.15) is 30.5 Å². The van der Waals surface area contributed by atoms with Gasteiger partial charge >= 0.3 is 0 Å². The number of allylic oxidation sites excluding steroid dienone is 1. The summed E-state index contributed by atoms with van der Waals surface area (Å²) in [4.78, 5) is 17.7. The van der Waals surface area contributed by atoms with Crippen molar-refractivity contribution >= 4 is 23.2 Å². The third-order valence-electron chi connectivity index (χ3n) is 6.48. The minimum atomic E-state index is -0.401. The average molecular weight is 517 g/mol. The van der Waals surface area contributed by atoms with Gasteiger partial charge < -0.3 is 25.2 Å². The van der Waals surface area contributed by atoms with Crippen molar-refractivity contribution in [3.05, 3.63) is 76.2 Å². The normalized spacial score (nSPS) is 15.5. The summed E-state index contributed by atoms with van der Waals surface area (Å²) in [6.45, 7) is 13.5. The lowest BCUT2D eigenvalue weighted by Gasteiger charge is -2.38. The van der Waals surface area contributed by atoms with Crippen molar-refractivity contribution in [2.45, 2.75) is 45.8 Å². The Morgan fingerprint density at radius 1 is 1.17 bits per heavy atom. The zero-order valence-electron chi connectivity index (χ0n) is 21.7. The number of amides is 1. The molecule has 0 bridgehead atoms. The first-order valence-corrected chi connectivity index (χ1v) is 12.8. The number of anilines is 1. The molecule has 8 heteroatoms. The first-order valence-electron chi connectivity index (χ1n) is 12.4. The molecule has 0 radical (unpaired) electrons. The van der Waals surface area contributed by atoms with E-state index in [0.29, 0.717) is 50.8 Å². The Bertz CT molecular complexity index is 1060. The standard InChI is InChI=1S/C28H38ClFN4O2/c1-19(2)32-26(16-22-6-7-24(29)14-20(22)3)28(35)34-12-10-33(11-13-34)27-9-8-25(30)15-23(27)17-31-21(4)18-36-5/h6-9,14-15,21,26,31-32H,1,10-13,16-18H2,2-5H3. The van der Waals surface area contributed by atoms with Crippen LogP contribution in [-0.4, -0.2) is 62.8 Å². The van der Waals surface area contributed by atoms with Crippen LogP contribution in [-0.2, 0) is 22.5 Å². The zero-order chi connectivity index (χ0) is 26.2. The molecule has 2 aromatic rings. The van der Waals surface area contributed by atoms with Crippen LogP contribution in [0.2, 0.25) is 5.02 Å². The van der Waals surface area contributed by atoms with E-state index in [4.69, 9.17) is 16.3 Å². The topological polar surface area (TPSA) is 56.8 Å². The molecule has 196 valence electrons. The highest BCUT2D eigenvalue weighted by atomic mass is 35.5. The predicted molar refractivity (Wildman–Crippen MR) is 145 cm³/mol. The van der Waals surface area contributed by atoms with E-state index in [2.05, 4.69) is 22.1 Å². The highest BCUT2D eigenvalue weighted by Crippen LogP contribution is 2.24. The second-order valence-corrected chi connectivity index (χ2v) is 10.0. The number of piperazine rings is 1. The number of aryl methyl sites for hydroxylation is 1. The fourth-order valence-electron chi connectivity index (χ4n) is 4.59. The minimum absolute atomic E-state index is 0.0568. The van der Waals surface area contributed by atoms with E-state index in [1.54, 1.807) is 13.2 Å². The van der Waals surface area contributed by atoms with E-state index in [-0.39, 0.29) is 17.8 Å². The molecule has 1 fully saturated rings. The number of hydrogen-bond acceptors (Lipinski definition) is 5. The van der Waals surface area contributed by atoms with Gasteiger partial charge in [0.05, 0.1) is 6.61 Å². The molecule has 2 N–H and O–H groups in total. The van der Waals surface area contributed by atoms with Gasteiger partial charge in [-0.25, -0.2) is 4.39 Å². The number of ether oxygens (including phenoxy) is 1. The maximum Gasteiger partial charge on any atom is 0.245 e. The van der Waals surface area contributed by atoms with Crippen molar-refractivity contribution in [3.63, 3.8) is 0 Å². The van der Waals surface area contributed by atoms with Gasteiger partial charge in [0.1, 0.15) is 11.9 Å². The molecule has 1 aliphatic heterocycles. The number of methoxy groups -OCH3 is 1. The largest absolute Gasteiger partial charge is 0.383 e. The number of nitrogens with one attached hydrogen (secondary N) is 2. The summed E-state index contributed by atoms with van der Waals surface area (Å²) in [5.41, 5.74) is 4.79. The van der Waals surface area contributed by atoms with Gasteiger partial charge in [-0.2, -0.15) is 0 Å². The summed E-state index contributed by atoms with van der Waals surface area (Å²) in [6.07, 6.45) is 0.558. The van der Waals surface area contributed by atoms with Crippen molar-refractivity contribution in [2.75, 3.05) is 44.8 Å². The maximum absolute atomic E-state index is 14.0. The smallest absolute Gasteiger partial charge is 0.245 e.